The van der Waals surface area contributed by atoms with Crippen LogP contribution in [0.2, 0.25) is 5.02 Å². The highest BCUT2D eigenvalue weighted by atomic mass is 35.5. The molecule has 1 fully saturated rings. The molecule has 14 heteroatoms. The fourth-order valence-corrected chi connectivity index (χ4v) is 4.09. The monoisotopic (exact) mass is 562 g/mol. The Morgan fingerprint density at radius 3 is 2.05 bits per heavy atom. The molecule has 1 aliphatic rings. The molecule has 2 aromatic rings. The number of amides is 1. The minimum Gasteiger partial charge on any atom is -0.435 e. The van der Waals surface area contributed by atoms with E-state index in [-0.39, 0.29) is 43.2 Å². The number of nitrogens with one attached hydrogen (secondary N) is 1. The number of anilines is 1. The summed E-state index contributed by atoms with van der Waals surface area (Å²) in [6.07, 6.45) is -18.7. The van der Waals surface area contributed by atoms with Crippen LogP contribution in [-0.2, 0) is 17.1 Å². The van der Waals surface area contributed by atoms with Crippen LogP contribution >= 0.6 is 11.6 Å². The molecule has 1 N–H and O–H groups in total. The second kappa shape index (κ2) is 11.0. The van der Waals surface area contributed by atoms with Gasteiger partial charge in [0.05, 0.1) is 11.1 Å². The molecule has 1 aliphatic heterocycles. The number of nitrogens with zero attached hydrogens (tertiary/aromatic N) is 1. The van der Waals surface area contributed by atoms with Gasteiger partial charge in [-0.1, -0.05) is 11.6 Å². The van der Waals surface area contributed by atoms with E-state index in [4.69, 9.17) is 11.6 Å². The summed E-state index contributed by atoms with van der Waals surface area (Å²) in [6, 6.07) is 6.63. The third-order valence-corrected chi connectivity index (χ3v) is 5.97. The van der Waals surface area contributed by atoms with Gasteiger partial charge in [-0.05, 0) is 73.3 Å². The van der Waals surface area contributed by atoms with E-state index in [2.05, 4.69) is 10.1 Å². The summed E-state index contributed by atoms with van der Waals surface area (Å²) in [6.45, 7) is -1.02. The average molecular weight is 563 g/mol. The van der Waals surface area contributed by atoms with Gasteiger partial charge in [-0.2, -0.15) is 39.5 Å². The Morgan fingerprint density at radius 2 is 1.54 bits per heavy atom. The summed E-state index contributed by atoms with van der Waals surface area (Å²) in [5, 5.41) is 2.46. The van der Waals surface area contributed by atoms with Crippen molar-refractivity contribution >= 4 is 23.4 Å². The molecule has 1 heterocycles. The van der Waals surface area contributed by atoms with Crippen molar-refractivity contribution in [3.05, 3.63) is 64.2 Å². The lowest BCUT2D eigenvalue weighted by Crippen LogP contribution is -2.47. The van der Waals surface area contributed by atoms with Gasteiger partial charge in [0.2, 0.25) is 6.10 Å². The largest absolute Gasteiger partial charge is 0.435 e. The molecule has 4 nitrogen and oxygen atoms in total. The second-order valence-electron chi connectivity index (χ2n) is 8.51. The molecule has 3 rings (SSSR count). The van der Waals surface area contributed by atoms with Crippen molar-refractivity contribution in [2.75, 3.05) is 25.0 Å². The molecule has 37 heavy (non-hydrogen) atoms. The lowest BCUT2D eigenvalue weighted by molar-refractivity contribution is -0.207. The summed E-state index contributed by atoms with van der Waals surface area (Å²) >= 11 is 5.71. The molecule has 0 saturated carbocycles. The number of alkyl halides is 9. The first kappa shape index (κ1) is 28.9. The van der Waals surface area contributed by atoms with Crippen LogP contribution in [0, 0.1) is 0 Å². The third kappa shape index (κ3) is 8.16. The molecule has 0 aromatic heterocycles. The minimum atomic E-state index is -5.04. The van der Waals surface area contributed by atoms with Gasteiger partial charge in [-0.15, -0.1) is 0 Å². The van der Waals surface area contributed by atoms with Gasteiger partial charge in [0.25, 0.3) is 0 Å². The smallest absolute Gasteiger partial charge is 0.426 e. The number of hydrogen-bond donors (Lipinski definition) is 1. The van der Waals surface area contributed by atoms with Crippen molar-refractivity contribution in [3.8, 4) is 0 Å². The van der Waals surface area contributed by atoms with Crippen molar-refractivity contribution in [2.45, 2.75) is 43.4 Å². The highest BCUT2D eigenvalue weighted by molar-refractivity contribution is 6.30. The first-order chi connectivity index (χ1) is 17.0. The molecule has 1 saturated heterocycles. The fourth-order valence-electron chi connectivity index (χ4n) is 3.96. The van der Waals surface area contributed by atoms with E-state index >= 15 is 0 Å². The van der Waals surface area contributed by atoms with Crippen LogP contribution in [0.5, 0.6) is 0 Å². The van der Waals surface area contributed by atoms with Crippen LogP contribution in [0.25, 0.3) is 0 Å². The van der Waals surface area contributed by atoms with Crippen molar-refractivity contribution in [2.24, 2.45) is 0 Å². The van der Waals surface area contributed by atoms with E-state index in [1.807, 2.05) is 0 Å². The van der Waals surface area contributed by atoms with Crippen LogP contribution in [0.15, 0.2) is 42.5 Å². The van der Waals surface area contributed by atoms with Gasteiger partial charge < -0.3 is 4.74 Å². The van der Waals surface area contributed by atoms with Crippen LogP contribution in [0.1, 0.15) is 35.4 Å². The average Bonchev–Trinajstić information content (AvgIpc) is 2.78. The van der Waals surface area contributed by atoms with Crippen molar-refractivity contribution < 1.29 is 49.0 Å². The molecule has 0 bridgehead atoms. The molecule has 0 unspecified atom stereocenters. The normalized spacial score (nSPS) is 18.4. The van der Waals surface area contributed by atoms with E-state index in [1.54, 1.807) is 0 Å². The van der Waals surface area contributed by atoms with Gasteiger partial charge in [0.15, 0.2) is 0 Å². The number of piperidine rings is 1. The van der Waals surface area contributed by atoms with E-state index in [0.29, 0.717) is 17.2 Å². The number of carbonyl (C=O) groups excluding carboxylic acids is 1. The fraction of sp³-hybridized carbons (Fsp3) is 0.435. The number of rotatable bonds is 5. The first-order valence-electron chi connectivity index (χ1n) is 10.8. The Kier molecular flexibility index (Phi) is 8.57. The van der Waals surface area contributed by atoms with Crippen LogP contribution in [-0.4, -0.2) is 42.9 Å². The Morgan fingerprint density at radius 1 is 0.973 bits per heavy atom. The SMILES string of the molecule is O=C(Nc1ccc(Cl)cc1)O[C@@H](CN1CCC[C@@H](c2cc(C(F)(F)F)cc(C(F)(F)F)c2)C1)C(F)(F)F. The van der Waals surface area contributed by atoms with Crippen LogP contribution in [0.3, 0.4) is 0 Å². The summed E-state index contributed by atoms with van der Waals surface area (Å²) in [4.78, 5) is 13.3. The van der Waals surface area contributed by atoms with Crippen molar-refractivity contribution in [1.29, 1.82) is 0 Å². The topological polar surface area (TPSA) is 41.6 Å². The Labute approximate surface area is 210 Å². The molecular weight excluding hydrogens is 543 g/mol. The number of hydrogen-bond acceptors (Lipinski definition) is 3. The first-order valence-corrected chi connectivity index (χ1v) is 11.2. The van der Waals surface area contributed by atoms with Crippen LogP contribution < -0.4 is 5.32 Å². The van der Waals surface area contributed by atoms with E-state index < -0.39 is 54.3 Å². The van der Waals surface area contributed by atoms with E-state index in [0.717, 1.165) is 0 Å². The predicted molar refractivity (Wildman–Crippen MR) is 116 cm³/mol. The molecule has 2 aromatic carbocycles. The number of halogens is 10. The maximum atomic E-state index is 13.6. The number of carbonyl (C=O) groups is 1. The molecule has 0 spiro atoms. The quantitative estimate of drug-likeness (QED) is 0.379. The summed E-state index contributed by atoms with van der Waals surface area (Å²) in [7, 11) is 0. The van der Waals surface area contributed by atoms with E-state index in [9.17, 15) is 44.3 Å². The van der Waals surface area contributed by atoms with Gasteiger partial charge in [0, 0.05) is 23.8 Å². The molecule has 204 valence electrons. The highest BCUT2D eigenvalue weighted by Gasteiger charge is 2.45. The Balaban J connectivity index is 1.75. The summed E-state index contributed by atoms with van der Waals surface area (Å²) < 4.78 is 125. The lowest BCUT2D eigenvalue weighted by Gasteiger charge is -2.35. The molecule has 2 atom stereocenters. The molecule has 1 amide bonds. The zero-order valence-electron chi connectivity index (χ0n) is 18.8. The Bertz CT molecular complexity index is 1050. The maximum absolute atomic E-state index is 13.6. The molecule has 0 radical (unpaired) electrons. The standard InChI is InChI=1S/C23H20ClF9N2O2/c24-17-3-5-18(6-4-17)34-20(36)37-19(23(31,32)33)12-35-7-1-2-13(11-35)14-8-15(21(25,26)27)10-16(9-14)22(28,29)30/h3-6,8-10,13,19H,1-2,7,11-12H2,(H,34,36)/t13-,19+/m1/s1. The van der Waals surface area contributed by atoms with Gasteiger partial charge >= 0.3 is 24.6 Å². The number of benzene rings is 2. The molecule has 0 aliphatic carbocycles. The molecular formula is C23H20ClF9N2O2. The third-order valence-electron chi connectivity index (χ3n) is 5.72. The van der Waals surface area contributed by atoms with Gasteiger partial charge in [0.1, 0.15) is 0 Å². The zero-order valence-corrected chi connectivity index (χ0v) is 19.5. The van der Waals surface area contributed by atoms with Crippen molar-refractivity contribution in [3.63, 3.8) is 0 Å². The minimum absolute atomic E-state index is 0.00306. The summed E-state index contributed by atoms with van der Waals surface area (Å²) in [5.74, 6) is -0.895. The van der Waals surface area contributed by atoms with E-state index in [1.165, 1.54) is 29.2 Å². The zero-order chi connectivity index (χ0) is 27.6. The van der Waals surface area contributed by atoms with Crippen LogP contribution in [0.4, 0.5) is 50.0 Å². The maximum Gasteiger partial charge on any atom is 0.426 e. The second-order valence-corrected chi connectivity index (χ2v) is 8.94. The van der Waals surface area contributed by atoms with Crippen molar-refractivity contribution in [1.82, 2.24) is 4.90 Å². The predicted octanol–water partition coefficient (Wildman–Crippen LogP) is 7.74. The summed E-state index contributed by atoms with van der Waals surface area (Å²) in [5.41, 5.74) is -3.15. The number of likely N-dealkylation sites (tertiary alicyclic amines) is 1. The van der Waals surface area contributed by atoms with Gasteiger partial charge in [-0.25, -0.2) is 4.79 Å². The lowest BCUT2D eigenvalue weighted by atomic mass is 9.88. The number of ether oxygens (including phenoxy) is 1. The van der Waals surface area contributed by atoms with Gasteiger partial charge in [-0.3, -0.25) is 10.2 Å². The highest BCUT2D eigenvalue weighted by Crippen LogP contribution is 2.39. The Hall–Kier alpha value is -2.67.